The van der Waals surface area contributed by atoms with Crippen molar-refractivity contribution in [2.24, 2.45) is 5.92 Å². The molecule has 34 heavy (non-hydrogen) atoms. The summed E-state index contributed by atoms with van der Waals surface area (Å²) in [5, 5.41) is 3.03. The second-order valence-electron chi connectivity index (χ2n) is 9.10. The van der Waals surface area contributed by atoms with Gasteiger partial charge in [0.15, 0.2) is 0 Å². The van der Waals surface area contributed by atoms with Crippen LogP contribution in [0.5, 0.6) is 0 Å². The quantitative estimate of drug-likeness (QED) is 0.458. The fourth-order valence-corrected chi connectivity index (χ4v) is 3.83. The highest BCUT2D eigenvalue weighted by atomic mass is 19.1. The zero-order chi connectivity index (χ0) is 24.5. The molecule has 3 aromatic carbocycles. The molecule has 0 aromatic heterocycles. The first-order chi connectivity index (χ1) is 16.3. The molecule has 4 nitrogen and oxygen atoms in total. The van der Waals surface area contributed by atoms with Crippen molar-refractivity contribution < 1.29 is 14.0 Å². The van der Waals surface area contributed by atoms with Gasteiger partial charge >= 0.3 is 0 Å². The Morgan fingerprint density at radius 1 is 0.882 bits per heavy atom. The molecule has 1 unspecified atom stereocenters. The highest BCUT2D eigenvalue weighted by molar-refractivity contribution is 5.88. The summed E-state index contributed by atoms with van der Waals surface area (Å²) in [7, 11) is 0. The maximum Gasteiger partial charge on any atom is 0.243 e. The number of nitrogens with zero attached hydrogens (tertiary/aromatic N) is 1. The number of aryl methyl sites for hydroxylation is 1. The molecule has 0 aliphatic heterocycles. The zero-order valence-corrected chi connectivity index (χ0v) is 20.1. The van der Waals surface area contributed by atoms with Crippen LogP contribution in [0.15, 0.2) is 78.9 Å². The average molecular weight is 461 g/mol. The molecule has 1 N–H and O–H groups in total. The van der Waals surface area contributed by atoms with E-state index in [0.29, 0.717) is 31.0 Å². The monoisotopic (exact) mass is 460 g/mol. The molecule has 3 aromatic rings. The van der Waals surface area contributed by atoms with Gasteiger partial charge in [-0.05, 0) is 47.2 Å². The minimum absolute atomic E-state index is 0.0922. The fraction of sp³-hybridized carbons (Fsp3) is 0.310. The molecule has 3 rings (SSSR count). The molecule has 0 aliphatic carbocycles. The van der Waals surface area contributed by atoms with Gasteiger partial charge in [0.1, 0.15) is 11.9 Å². The fourth-order valence-electron chi connectivity index (χ4n) is 3.83. The predicted octanol–water partition coefficient (Wildman–Crippen LogP) is 5.09. The highest BCUT2D eigenvalue weighted by Gasteiger charge is 2.30. The minimum Gasteiger partial charge on any atom is -0.354 e. The lowest BCUT2D eigenvalue weighted by molar-refractivity contribution is -0.140. The van der Waals surface area contributed by atoms with Crippen molar-refractivity contribution in [3.05, 3.63) is 107 Å². The Morgan fingerprint density at radius 2 is 1.53 bits per heavy atom. The molecule has 0 spiro atoms. The average Bonchev–Trinajstić information content (AvgIpc) is 2.83. The summed E-state index contributed by atoms with van der Waals surface area (Å²) in [6.07, 6.45) is 0.501. The lowest BCUT2D eigenvalue weighted by Crippen LogP contribution is -2.51. The Morgan fingerprint density at radius 3 is 2.18 bits per heavy atom. The van der Waals surface area contributed by atoms with Crippen LogP contribution in [0.25, 0.3) is 0 Å². The van der Waals surface area contributed by atoms with E-state index in [4.69, 9.17) is 0 Å². The molecule has 0 saturated heterocycles. The number of hydrogen-bond donors (Lipinski definition) is 1. The van der Waals surface area contributed by atoms with Gasteiger partial charge in [-0.1, -0.05) is 80.6 Å². The normalized spacial score (nSPS) is 11.8. The van der Waals surface area contributed by atoms with E-state index < -0.39 is 6.04 Å². The van der Waals surface area contributed by atoms with E-state index >= 15 is 0 Å². The summed E-state index contributed by atoms with van der Waals surface area (Å²) >= 11 is 0. The summed E-state index contributed by atoms with van der Waals surface area (Å²) in [4.78, 5) is 28.7. The van der Waals surface area contributed by atoms with E-state index in [1.165, 1.54) is 12.1 Å². The molecular weight excluding hydrogens is 427 g/mol. The van der Waals surface area contributed by atoms with Gasteiger partial charge in [0.25, 0.3) is 0 Å². The Bertz CT molecular complexity index is 1080. The van der Waals surface area contributed by atoms with Gasteiger partial charge in [0, 0.05) is 19.5 Å². The summed E-state index contributed by atoms with van der Waals surface area (Å²) in [6, 6.07) is 22.9. The highest BCUT2D eigenvalue weighted by Crippen LogP contribution is 2.18. The number of hydrogen-bond acceptors (Lipinski definition) is 2. The van der Waals surface area contributed by atoms with E-state index in [1.807, 2.05) is 75.4 Å². The number of benzene rings is 3. The topological polar surface area (TPSA) is 49.4 Å². The summed E-state index contributed by atoms with van der Waals surface area (Å²) in [5.74, 6) is -0.391. The smallest absolute Gasteiger partial charge is 0.243 e. The lowest BCUT2D eigenvalue weighted by Gasteiger charge is -2.32. The third-order valence-corrected chi connectivity index (χ3v) is 5.83. The maximum atomic E-state index is 13.6. The van der Waals surface area contributed by atoms with E-state index in [-0.39, 0.29) is 24.1 Å². The Labute approximate surface area is 201 Å². The van der Waals surface area contributed by atoms with Crippen molar-refractivity contribution in [2.45, 2.75) is 46.2 Å². The minimum atomic E-state index is -0.672. The molecular formula is C29H33FN2O2. The molecule has 0 aliphatic rings. The second kappa shape index (κ2) is 12.1. The van der Waals surface area contributed by atoms with Gasteiger partial charge in [-0.25, -0.2) is 4.39 Å². The standard InChI is InChI=1S/C29H33FN2O2/c1-21(2)19-31-29(34)27(17-23-10-5-4-6-11-23)32(20-25-12-8-7-9-22(25)3)28(33)18-24-13-15-26(30)16-14-24/h4-16,21,27H,17-20H2,1-3H3,(H,31,34). The van der Waals surface area contributed by atoms with Gasteiger partial charge in [-0.3, -0.25) is 9.59 Å². The van der Waals surface area contributed by atoms with Gasteiger partial charge in [-0.15, -0.1) is 0 Å². The number of rotatable bonds is 10. The predicted molar refractivity (Wildman–Crippen MR) is 134 cm³/mol. The first-order valence-corrected chi connectivity index (χ1v) is 11.7. The van der Waals surface area contributed by atoms with Crippen LogP contribution in [0.2, 0.25) is 0 Å². The molecule has 0 fully saturated rings. The number of amides is 2. The van der Waals surface area contributed by atoms with E-state index in [9.17, 15) is 14.0 Å². The van der Waals surface area contributed by atoms with Crippen LogP contribution in [0.3, 0.4) is 0 Å². The molecule has 5 heteroatoms. The Balaban J connectivity index is 1.96. The first-order valence-electron chi connectivity index (χ1n) is 11.7. The molecule has 178 valence electrons. The van der Waals surface area contributed by atoms with Gasteiger partial charge in [0.2, 0.25) is 11.8 Å². The summed E-state index contributed by atoms with van der Waals surface area (Å²) < 4.78 is 13.4. The van der Waals surface area contributed by atoms with E-state index in [1.54, 1.807) is 17.0 Å². The van der Waals surface area contributed by atoms with Gasteiger partial charge < -0.3 is 10.2 Å². The van der Waals surface area contributed by atoms with Crippen molar-refractivity contribution in [1.29, 1.82) is 0 Å². The van der Waals surface area contributed by atoms with Crippen molar-refractivity contribution in [2.75, 3.05) is 6.54 Å². The molecule has 2 amide bonds. The summed E-state index contributed by atoms with van der Waals surface area (Å²) in [6.45, 7) is 6.94. The molecule has 0 bridgehead atoms. The molecule has 1 atom stereocenters. The number of nitrogens with one attached hydrogen (secondary N) is 1. The van der Waals surface area contributed by atoms with Crippen molar-refractivity contribution >= 4 is 11.8 Å². The van der Waals surface area contributed by atoms with Gasteiger partial charge in [0.05, 0.1) is 6.42 Å². The van der Waals surface area contributed by atoms with Crippen LogP contribution < -0.4 is 5.32 Å². The van der Waals surface area contributed by atoms with Crippen LogP contribution >= 0.6 is 0 Å². The number of halogens is 1. The Hall–Kier alpha value is -3.47. The third-order valence-electron chi connectivity index (χ3n) is 5.83. The van der Waals surface area contributed by atoms with Crippen LogP contribution in [0.4, 0.5) is 4.39 Å². The largest absolute Gasteiger partial charge is 0.354 e. The van der Waals surface area contributed by atoms with Crippen molar-refractivity contribution in [3.63, 3.8) is 0 Å². The van der Waals surface area contributed by atoms with E-state index in [2.05, 4.69) is 5.32 Å². The van der Waals surface area contributed by atoms with Crippen LogP contribution in [-0.2, 0) is 29.0 Å². The van der Waals surface area contributed by atoms with Gasteiger partial charge in [-0.2, -0.15) is 0 Å². The van der Waals surface area contributed by atoms with Crippen LogP contribution in [0.1, 0.15) is 36.1 Å². The molecule has 0 saturated carbocycles. The van der Waals surface area contributed by atoms with Crippen LogP contribution in [0, 0.1) is 18.7 Å². The lowest BCUT2D eigenvalue weighted by atomic mass is 10.00. The Kier molecular flexibility index (Phi) is 8.97. The number of carbonyl (C=O) groups is 2. The summed E-state index contributed by atoms with van der Waals surface area (Å²) in [5.41, 5.74) is 3.74. The second-order valence-corrected chi connectivity index (χ2v) is 9.10. The number of carbonyl (C=O) groups excluding carboxylic acids is 2. The van der Waals surface area contributed by atoms with E-state index in [0.717, 1.165) is 16.7 Å². The van der Waals surface area contributed by atoms with Crippen LogP contribution in [-0.4, -0.2) is 29.3 Å². The zero-order valence-electron chi connectivity index (χ0n) is 20.1. The third kappa shape index (κ3) is 7.27. The van der Waals surface area contributed by atoms with Crippen molar-refractivity contribution in [1.82, 2.24) is 10.2 Å². The molecule has 0 radical (unpaired) electrons. The maximum absolute atomic E-state index is 13.6. The first kappa shape index (κ1) is 25.2. The molecule has 0 heterocycles. The van der Waals surface area contributed by atoms with Crippen molar-refractivity contribution in [3.8, 4) is 0 Å². The SMILES string of the molecule is Cc1ccccc1CN(C(=O)Cc1ccc(F)cc1)C(Cc1ccccc1)C(=O)NCC(C)C.